The molecule has 6 nitrogen and oxygen atoms in total. The van der Waals surface area contributed by atoms with Gasteiger partial charge in [0.2, 0.25) is 0 Å². The minimum atomic E-state index is -0.534. The summed E-state index contributed by atoms with van der Waals surface area (Å²) >= 11 is 0. The number of nitrogens with one attached hydrogen (secondary N) is 1. The van der Waals surface area contributed by atoms with Crippen LogP contribution < -0.4 is 5.32 Å². The van der Waals surface area contributed by atoms with Crippen LogP contribution in [0.15, 0.2) is 0 Å². The third-order valence-electron chi connectivity index (χ3n) is 2.94. The van der Waals surface area contributed by atoms with E-state index in [1.165, 1.54) is 7.11 Å². The normalized spacial score (nSPS) is 23.3. The maximum absolute atomic E-state index is 12.0. The van der Waals surface area contributed by atoms with Gasteiger partial charge in [-0.3, -0.25) is 4.79 Å². The lowest BCUT2D eigenvalue weighted by atomic mass is 10.0. The minimum Gasteiger partial charge on any atom is -0.469 e. The molecular weight excluding hydrogens is 248 g/mol. The molecule has 1 fully saturated rings. The van der Waals surface area contributed by atoms with Gasteiger partial charge in [0.1, 0.15) is 5.60 Å². The molecule has 1 rings (SSSR count). The Morgan fingerprint density at radius 3 is 2.42 bits per heavy atom. The molecule has 1 saturated heterocycles. The van der Waals surface area contributed by atoms with E-state index in [0.29, 0.717) is 13.1 Å². The van der Waals surface area contributed by atoms with Gasteiger partial charge in [-0.1, -0.05) is 6.92 Å². The lowest BCUT2D eigenvalue weighted by Crippen LogP contribution is -2.40. The van der Waals surface area contributed by atoms with E-state index in [-0.39, 0.29) is 24.0 Å². The van der Waals surface area contributed by atoms with Crippen LogP contribution in [0.4, 0.5) is 4.79 Å². The third-order valence-corrected chi connectivity index (χ3v) is 2.94. The number of methoxy groups -OCH3 is 1. The highest BCUT2D eigenvalue weighted by Gasteiger charge is 2.41. The number of likely N-dealkylation sites (N-methyl/N-ethyl adjacent to an activating group) is 1. The third kappa shape index (κ3) is 4.38. The van der Waals surface area contributed by atoms with Gasteiger partial charge in [0, 0.05) is 19.1 Å². The van der Waals surface area contributed by atoms with E-state index in [9.17, 15) is 9.59 Å². The lowest BCUT2D eigenvalue weighted by Gasteiger charge is -2.24. The fraction of sp³-hybridized carbons (Fsp3) is 0.846. The molecule has 0 aromatic rings. The van der Waals surface area contributed by atoms with Gasteiger partial charge < -0.3 is 19.7 Å². The van der Waals surface area contributed by atoms with Crippen molar-refractivity contribution < 1.29 is 19.1 Å². The zero-order chi connectivity index (χ0) is 14.6. The molecule has 1 N–H and O–H groups in total. The Labute approximate surface area is 114 Å². The molecule has 1 aliphatic rings. The van der Waals surface area contributed by atoms with Crippen LogP contribution in [-0.2, 0) is 14.3 Å². The zero-order valence-electron chi connectivity index (χ0n) is 12.4. The van der Waals surface area contributed by atoms with Gasteiger partial charge in [0.25, 0.3) is 0 Å². The summed E-state index contributed by atoms with van der Waals surface area (Å²) in [6.45, 7) is 8.95. The average Bonchev–Trinajstić information content (AvgIpc) is 2.70. The van der Waals surface area contributed by atoms with E-state index < -0.39 is 5.60 Å². The van der Waals surface area contributed by atoms with Crippen molar-refractivity contribution in [2.45, 2.75) is 39.3 Å². The molecule has 0 aromatic heterocycles. The maximum Gasteiger partial charge on any atom is 0.410 e. The Bertz CT molecular complexity index is 338. The largest absolute Gasteiger partial charge is 0.469 e. The van der Waals surface area contributed by atoms with Gasteiger partial charge in [0.05, 0.1) is 13.0 Å². The topological polar surface area (TPSA) is 67.9 Å². The van der Waals surface area contributed by atoms with Crippen LogP contribution in [0.1, 0.15) is 27.7 Å². The van der Waals surface area contributed by atoms with Gasteiger partial charge in [-0.25, -0.2) is 4.79 Å². The number of hydrogen-bond donors (Lipinski definition) is 1. The monoisotopic (exact) mass is 272 g/mol. The Kier molecular flexibility index (Phi) is 5.17. The molecule has 110 valence electrons. The highest BCUT2D eigenvalue weighted by molar-refractivity contribution is 5.76. The maximum atomic E-state index is 12.0. The number of esters is 1. The molecule has 2 unspecified atom stereocenters. The van der Waals surface area contributed by atoms with E-state index in [2.05, 4.69) is 5.32 Å². The fourth-order valence-electron chi connectivity index (χ4n) is 2.14. The highest BCUT2D eigenvalue weighted by atomic mass is 16.6. The molecule has 0 saturated carbocycles. The SMILES string of the molecule is CCNC1CN(C(=O)OC(C)(C)C)CC1C(=O)OC. The Balaban J connectivity index is 2.69. The Hall–Kier alpha value is -1.30. The zero-order valence-corrected chi connectivity index (χ0v) is 12.4. The van der Waals surface area contributed by atoms with E-state index in [1.807, 2.05) is 27.7 Å². The second-order valence-electron chi connectivity index (χ2n) is 5.68. The number of amides is 1. The van der Waals surface area contributed by atoms with Crippen molar-refractivity contribution in [2.24, 2.45) is 5.92 Å². The first-order valence-electron chi connectivity index (χ1n) is 6.57. The molecule has 19 heavy (non-hydrogen) atoms. The summed E-state index contributed by atoms with van der Waals surface area (Å²) < 4.78 is 10.1. The first-order valence-corrected chi connectivity index (χ1v) is 6.57. The van der Waals surface area contributed by atoms with Crippen molar-refractivity contribution in [1.29, 1.82) is 0 Å². The summed E-state index contributed by atoms with van der Waals surface area (Å²) in [6, 6.07) is -0.0787. The van der Waals surface area contributed by atoms with Crippen molar-refractivity contribution in [3.8, 4) is 0 Å². The summed E-state index contributed by atoms with van der Waals surface area (Å²) in [5.41, 5.74) is -0.534. The highest BCUT2D eigenvalue weighted by Crippen LogP contribution is 2.21. The molecule has 2 atom stereocenters. The fourth-order valence-corrected chi connectivity index (χ4v) is 2.14. The van der Waals surface area contributed by atoms with E-state index in [4.69, 9.17) is 9.47 Å². The minimum absolute atomic E-state index is 0.0787. The molecule has 0 radical (unpaired) electrons. The molecule has 1 amide bonds. The van der Waals surface area contributed by atoms with E-state index >= 15 is 0 Å². The summed E-state index contributed by atoms with van der Waals surface area (Å²) in [7, 11) is 1.36. The number of rotatable bonds is 3. The van der Waals surface area contributed by atoms with Gasteiger partial charge in [-0.05, 0) is 27.3 Å². The summed E-state index contributed by atoms with van der Waals surface area (Å²) in [5, 5.41) is 3.21. The Morgan fingerprint density at radius 1 is 1.32 bits per heavy atom. The number of ether oxygens (including phenoxy) is 2. The molecule has 0 bridgehead atoms. The standard InChI is InChI=1S/C13H24N2O4/c1-6-14-10-8-15(7-9(10)11(16)18-5)12(17)19-13(2,3)4/h9-10,14H,6-8H2,1-5H3. The van der Waals surface area contributed by atoms with Crippen molar-refractivity contribution >= 4 is 12.1 Å². The molecule has 0 spiro atoms. The Morgan fingerprint density at radius 2 is 1.95 bits per heavy atom. The van der Waals surface area contributed by atoms with E-state index in [0.717, 1.165) is 6.54 Å². The van der Waals surface area contributed by atoms with Crippen molar-refractivity contribution in [2.75, 3.05) is 26.7 Å². The summed E-state index contributed by atoms with van der Waals surface area (Å²) in [5.74, 6) is -0.630. The molecule has 6 heteroatoms. The molecule has 0 aromatic carbocycles. The molecule has 1 aliphatic heterocycles. The second-order valence-corrected chi connectivity index (χ2v) is 5.68. The summed E-state index contributed by atoms with van der Waals surface area (Å²) in [4.78, 5) is 25.3. The van der Waals surface area contributed by atoms with Crippen LogP contribution in [0.5, 0.6) is 0 Å². The van der Waals surface area contributed by atoms with Crippen LogP contribution >= 0.6 is 0 Å². The van der Waals surface area contributed by atoms with Crippen LogP contribution in [0, 0.1) is 5.92 Å². The number of carbonyl (C=O) groups is 2. The van der Waals surface area contributed by atoms with Crippen molar-refractivity contribution in [3.05, 3.63) is 0 Å². The van der Waals surface area contributed by atoms with Crippen LogP contribution in [0.25, 0.3) is 0 Å². The lowest BCUT2D eigenvalue weighted by molar-refractivity contribution is -0.145. The van der Waals surface area contributed by atoms with Gasteiger partial charge in [-0.15, -0.1) is 0 Å². The van der Waals surface area contributed by atoms with Crippen LogP contribution in [0.2, 0.25) is 0 Å². The smallest absolute Gasteiger partial charge is 0.410 e. The number of carbonyl (C=O) groups excluding carboxylic acids is 2. The van der Waals surface area contributed by atoms with Crippen LogP contribution in [0.3, 0.4) is 0 Å². The quantitative estimate of drug-likeness (QED) is 0.776. The van der Waals surface area contributed by atoms with E-state index in [1.54, 1.807) is 4.90 Å². The second kappa shape index (κ2) is 6.23. The average molecular weight is 272 g/mol. The number of likely N-dealkylation sites (tertiary alicyclic amines) is 1. The van der Waals surface area contributed by atoms with Gasteiger partial charge >= 0.3 is 12.1 Å². The first-order chi connectivity index (χ1) is 8.78. The predicted octanol–water partition coefficient (Wildman–Crippen LogP) is 1.00. The van der Waals surface area contributed by atoms with Crippen molar-refractivity contribution in [1.82, 2.24) is 10.2 Å². The molecule has 0 aliphatic carbocycles. The van der Waals surface area contributed by atoms with Gasteiger partial charge in [-0.2, -0.15) is 0 Å². The molecule has 1 heterocycles. The number of hydrogen-bond acceptors (Lipinski definition) is 5. The summed E-state index contributed by atoms with van der Waals surface area (Å²) in [6.07, 6.45) is -0.387. The predicted molar refractivity (Wildman–Crippen MR) is 70.8 cm³/mol. The first kappa shape index (κ1) is 15.8. The van der Waals surface area contributed by atoms with Gasteiger partial charge in [0.15, 0.2) is 0 Å². The van der Waals surface area contributed by atoms with Crippen LogP contribution in [-0.4, -0.2) is 55.3 Å². The molecular formula is C13H24N2O4. The number of nitrogens with zero attached hydrogens (tertiary/aromatic N) is 1. The van der Waals surface area contributed by atoms with Crippen molar-refractivity contribution in [3.63, 3.8) is 0 Å².